The van der Waals surface area contributed by atoms with Crippen LogP contribution in [0.15, 0.2) is 24.5 Å². The molecule has 1 unspecified atom stereocenters. The fourth-order valence-electron chi connectivity index (χ4n) is 2.88. The van der Waals surface area contributed by atoms with Gasteiger partial charge < -0.3 is 16.0 Å². The minimum Gasteiger partial charge on any atom is -0.369 e. The number of alkyl halides is 3. The van der Waals surface area contributed by atoms with Crippen molar-refractivity contribution in [2.45, 2.75) is 31.5 Å². The van der Waals surface area contributed by atoms with Crippen molar-refractivity contribution in [1.29, 1.82) is 5.26 Å². The van der Waals surface area contributed by atoms with Crippen molar-refractivity contribution < 1.29 is 18.0 Å². The third kappa shape index (κ3) is 4.53. The van der Waals surface area contributed by atoms with Crippen LogP contribution < -0.4 is 16.0 Å². The van der Waals surface area contributed by atoms with E-state index in [1.54, 1.807) is 12.3 Å². The highest BCUT2D eigenvalue weighted by Gasteiger charge is 2.34. The zero-order valence-electron chi connectivity index (χ0n) is 15.6. The Labute approximate surface area is 164 Å². The number of halogens is 3. The van der Waals surface area contributed by atoms with Crippen molar-refractivity contribution in [3.05, 3.63) is 41.5 Å². The highest BCUT2D eigenvalue weighted by Crippen LogP contribution is 2.33. The molecule has 0 aliphatic carbocycles. The van der Waals surface area contributed by atoms with E-state index in [-0.39, 0.29) is 17.3 Å². The van der Waals surface area contributed by atoms with Crippen LogP contribution in [0.5, 0.6) is 0 Å². The normalized spacial score (nSPS) is 15.8. The van der Waals surface area contributed by atoms with Crippen molar-refractivity contribution in [2.75, 3.05) is 23.7 Å². The van der Waals surface area contributed by atoms with Crippen molar-refractivity contribution in [2.24, 2.45) is 0 Å². The summed E-state index contributed by atoms with van der Waals surface area (Å²) >= 11 is 0. The predicted octanol–water partition coefficient (Wildman–Crippen LogP) is 2.17. The van der Waals surface area contributed by atoms with E-state index in [0.29, 0.717) is 18.2 Å². The van der Waals surface area contributed by atoms with Crippen LogP contribution >= 0.6 is 0 Å². The topological polar surface area (TPSA) is 116 Å². The van der Waals surface area contributed by atoms with E-state index in [0.717, 1.165) is 5.56 Å². The van der Waals surface area contributed by atoms with Crippen molar-refractivity contribution >= 4 is 17.5 Å². The molecule has 1 aliphatic rings. The summed E-state index contributed by atoms with van der Waals surface area (Å²) in [6.07, 6.45) is -1.55. The van der Waals surface area contributed by atoms with Gasteiger partial charge in [-0.3, -0.25) is 4.79 Å². The summed E-state index contributed by atoms with van der Waals surface area (Å²) in [5.41, 5.74) is -0.483. The molecule has 3 rings (SSSR count). The fraction of sp³-hybridized carbons (Fsp3) is 0.389. The number of carbonyl (C=O) groups excluding carboxylic acids is 1. The van der Waals surface area contributed by atoms with Crippen LogP contribution in [0.3, 0.4) is 0 Å². The average molecular weight is 405 g/mol. The Hall–Kier alpha value is -3.42. The van der Waals surface area contributed by atoms with Gasteiger partial charge in [0.05, 0.1) is 12.1 Å². The summed E-state index contributed by atoms with van der Waals surface area (Å²) in [6.45, 7) is 1.86. The van der Waals surface area contributed by atoms with Crippen LogP contribution in [0.2, 0.25) is 0 Å². The number of hydrogen-bond acceptors (Lipinski definition) is 7. The molecule has 1 aliphatic heterocycles. The van der Waals surface area contributed by atoms with Gasteiger partial charge in [-0.25, -0.2) is 15.0 Å². The summed E-state index contributed by atoms with van der Waals surface area (Å²) in [7, 11) is 0. The number of anilines is 2. The monoisotopic (exact) mass is 405 g/mol. The van der Waals surface area contributed by atoms with E-state index in [4.69, 9.17) is 0 Å². The molecule has 152 valence electrons. The van der Waals surface area contributed by atoms with E-state index in [2.05, 4.69) is 25.6 Å². The molecule has 1 amide bonds. The molecule has 0 radical (unpaired) electrons. The smallest absolute Gasteiger partial charge is 0.369 e. The summed E-state index contributed by atoms with van der Waals surface area (Å²) < 4.78 is 37.2. The molecule has 11 heteroatoms. The highest BCUT2D eigenvalue weighted by molar-refractivity contribution is 5.88. The lowest BCUT2D eigenvalue weighted by atomic mass is 10.0. The number of amides is 1. The van der Waals surface area contributed by atoms with Crippen LogP contribution in [-0.2, 0) is 4.79 Å². The minimum absolute atomic E-state index is 0.0713. The number of fused-ring (bicyclic) bond motifs is 1. The first-order valence-electron chi connectivity index (χ1n) is 8.70. The number of pyridine rings is 1. The summed E-state index contributed by atoms with van der Waals surface area (Å²) in [6, 6.07) is 5.60. The molecule has 2 aromatic heterocycles. The first-order valence-corrected chi connectivity index (χ1v) is 8.70. The van der Waals surface area contributed by atoms with Crippen LogP contribution in [0.25, 0.3) is 0 Å². The molecule has 0 saturated carbocycles. The second-order valence-corrected chi connectivity index (χ2v) is 7.02. The number of hydrogen-bond donors (Lipinski definition) is 3. The highest BCUT2D eigenvalue weighted by atomic mass is 19.4. The number of nitriles is 1. The molecule has 0 aromatic carbocycles. The first-order chi connectivity index (χ1) is 13.6. The number of aromatic nitrogens is 3. The molecule has 29 heavy (non-hydrogen) atoms. The van der Waals surface area contributed by atoms with Gasteiger partial charge in [0.1, 0.15) is 41.2 Å². The van der Waals surface area contributed by atoms with Crippen molar-refractivity contribution in [3.63, 3.8) is 0 Å². The lowest BCUT2D eigenvalue weighted by molar-refractivity contribution is -0.140. The number of carbonyl (C=O) groups is 1. The Kier molecular flexibility index (Phi) is 5.28. The number of rotatable bonds is 5. The van der Waals surface area contributed by atoms with Gasteiger partial charge in [0.2, 0.25) is 5.91 Å². The van der Waals surface area contributed by atoms with Crippen molar-refractivity contribution in [1.82, 2.24) is 20.3 Å². The maximum absolute atomic E-state index is 12.4. The van der Waals surface area contributed by atoms with Gasteiger partial charge in [0, 0.05) is 18.3 Å². The van der Waals surface area contributed by atoms with E-state index < -0.39 is 24.2 Å². The molecule has 0 fully saturated rings. The SMILES string of the molecule is CC(C)(Nc1nc(C2CNc3ncccc32)ncc1C#N)C(=O)NCC(F)(F)F. The number of nitrogens with zero attached hydrogens (tertiary/aromatic N) is 4. The number of nitrogens with one attached hydrogen (secondary N) is 3. The van der Waals surface area contributed by atoms with E-state index in [1.807, 2.05) is 17.5 Å². The Bertz CT molecular complexity index is 969. The molecule has 3 heterocycles. The molecule has 8 nitrogen and oxygen atoms in total. The third-order valence-corrected chi connectivity index (χ3v) is 4.38. The lowest BCUT2D eigenvalue weighted by Gasteiger charge is -2.26. The lowest BCUT2D eigenvalue weighted by Crippen LogP contribution is -2.50. The van der Waals surface area contributed by atoms with Gasteiger partial charge in [-0.15, -0.1) is 0 Å². The molecule has 0 saturated heterocycles. The molecular formula is C18H18F3N7O. The van der Waals surface area contributed by atoms with Crippen LogP contribution in [0.4, 0.5) is 24.8 Å². The van der Waals surface area contributed by atoms with E-state index >= 15 is 0 Å². The summed E-state index contributed by atoms with van der Waals surface area (Å²) in [5, 5.41) is 17.1. The Morgan fingerprint density at radius 1 is 1.38 bits per heavy atom. The Morgan fingerprint density at radius 2 is 2.14 bits per heavy atom. The van der Waals surface area contributed by atoms with Gasteiger partial charge in [-0.05, 0) is 19.9 Å². The van der Waals surface area contributed by atoms with E-state index in [9.17, 15) is 23.2 Å². The molecule has 2 aromatic rings. The van der Waals surface area contributed by atoms with Crippen LogP contribution in [0, 0.1) is 11.3 Å². The molecule has 3 N–H and O–H groups in total. The summed E-state index contributed by atoms with van der Waals surface area (Å²) in [5.74, 6) is 0.0937. The minimum atomic E-state index is -4.53. The first kappa shape index (κ1) is 20.3. The van der Waals surface area contributed by atoms with Gasteiger partial charge in [0.15, 0.2) is 0 Å². The molecule has 0 bridgehead atoms. The zero-order valence-corrected chi connectivity index (χ0v) is 15.6. The van der Waals surface area contributed by atoms with Crippen LogP contribution in [0.1, 0.15) is 36.7 Å². The maximum Gasteiger partial charge on any atom is 0.405 e. The molecule has 1 atom stereocenters. The second kappa shape index (κ2) is 7.54. The largest absolute Gasteiger partial charge is 0.405 e. The van der Waals surface area contributed by atoms with Crippen molar-refractivity contribution in [3.8, 4) is 6.07 Å². The zero-order chi connectivity index (χ0) is 21.2. The van der Waals surface area contributed by atoms with Gasteiger partial charge >= 0.3 is 6.18 Å². The van der Waals surface area contributed by atoms with Gasteiger partial charge in [-0.2, -0.15) is 18.4 Å². The second-order valence-electron chi connectivity index (χ2n) is 7.02. The fourth-order valence-corrected chi connectivity index (χ4v) is 2.88. The van der Waals surface area contributed by atoms with Crippen LogP contribution in [-0.4, -0.2) is 45.7 Å². The Morgan fingerprint density at radius 3 is 2.83 bits per heavy atom. The Balaban J connectivity index is 1.85. The van der Waals surface area contributed by atoms with E-state index in [1.165, 1.54) is 20.0 Å². The average Bonchev–Trinajstić information content (AvgIpc) is 3.09. The van der Waals surface area contributed by atoms with Gasteiger partial charge in [-0.1, -0.05) is 6.07 Å². The maximum atomic E-state index is 12.4. The molecular weight excluding hydrogens is 387 g/mol. The standard InChI is InChI=1S/C18H18F3N7O/c1-17(2,16(29)26-9-18(19,20)21)28-13-10(6-22)7-24-15(27-13)12-8-25-14-11(12)4-3-5-23-14/h3-5,7,12H,8-9H2,1-2H3,(H,23,25)(H,26,29)(H,24,27,28). The summed E-state index contributed by atoms with van der Waals surface area (Å²) in [4.78, 5) is 25.1. The van der Waals surface area contributed by atoms with Gasteiger partial charge in [0.25, 0.3) is 0 Å². The third-order valence-electron chi connectivity index (χ3n) is 4.38. The quantitative estimate of drug-likeness (QED) is 0.698. The predicted molar refractivity (Wildman–Crippen MR) is 98.1 cm³/mol. The molecule has 0 spiro atoms.